The van der Waals surface area contributed by atoms with Crippen LogP contribution in [0.5, 0.6) is 11.5 Å². The SMILES string of the molecule is CCCc1cccc2c(OCC(=O)OCC)c3ccccc3c(OCC(=O)OCC)c12. The Labute approximate surface area is 182 Å². The number of fused-ring (bicyclic) bond motifs is 2. The van der Waals surface area contributed by atoms with Crippen LogP contribution in [0.3, 0.4) is 0 Å². The van der Waals surface area contributed by atoms with Crippen molar-refractivity contribution < 1.29 is 28.5 Å². The topological polar surface area (TPSA) is 71.1 Å². The fourth-order valence-corrected chi connectivity index (χ4v) is 3.67. The van der Waals surface area contributed by atoms with Crippen LogP contribution >= 0.6 is 0 Å². The van der Waals surface area contributed by atoms with Crippen molar-refractivity contribution in [2.24, 2.45) is 0 Å². The van der Waals surface area contributed by atoms with Crippen LogP contribution in [0.25, 0.3) is 21.5 Å². The molecule has 0 aliphatic heterocycles. The van der Waals surface area contributed by atoms with Crippen molar-refractivity contribution in [3.05, 3.63) is 48.0 Å². The normalized spacial score (nSPS) is 10.8. The van der Waals surface area contributed by atoms with Gasteiger partial charge in [-0.1, -0.05) is 55.8 Å². The molecule has 3 rings (SSSR count). The number of hydrogen-bond acceptors (Lipinski definition) is 6. The van der Waals surface area contributed by atoms with Crippen LogP contribution in [-0.4, -0.2) is 38.4 Å². The smallest absolute Gasteiger partial charge is 0.344 e. The van der Waals surface area contributed by atoms with Gasteiger partial charge in [-0.3, -0.25) is 0 Å². The van der Waals surface area contributed by atoms with E-state index in [2.05, 4.69) is 6.92 Å². The van der Waals surface area contributed by atoms with Gasteiger partial charge in [0, 0.05) is 21.5 Å². The average Bonchev–Trinajstić information content (AvgIpc) is 2.77. The highest BCUT2D eigenvalue weighted by molar-refractivity contribution is 6.12. The summed E-state index contributed by atoms with van der Waals surface area (Å²) in [6.07, 6.45) is 1.78. The fourth-order valence-electron chi connectivity index (χ4n) is 3.67. The van der Waals surface area contributed by atoms with Crippen LogP contribution in [-0.2, 0) is 25.5 Å². The standard InChI is InChI=1S/C25H28O6/c1-4-10-17-11-9-14-20-23(17)25(31-16-22(27)29-6-3)19-13-8-7-12-18(19)24(20)30-15-21(26)28-5-2/h7-9,11-14H,4-6,10,15-16H2,1-3H3. The Bertz CT molecular complexity index is 1070. The molecule has 6 nitrogen and oxygen atoms in total. The molecule has 0 aliphatic rings. The van der Waals surface area contributed by atoms with Crippen molar-refractivity contribution in [1.82, 2.24) is 0 Å². The lowest BCUT2D eigenvalue weighted by Gasteiger charge is -2.19. The third kappa shape index (κ3) is 5.08. The monoisotopic (exact) mass is 424 g/mol. The number of carbonyl (C=O) groups is 2. The second kappa shape index (κ2) is 10.7. The molecule has 0 bridgehead atoms. The van der Waals surface area contributed by atoms with Crippen molar-refractivity contribution in [3.8, 4) is 11.5 Å². The van der Waals surface area contributed by atoms with E-state index >= 15 is 0 Å². The van der Waals surface area contributed by atoms with E-state index in [1.165, 1.54) is 0 Å². The lowest BCUT2D eigenvalue weighted by atomic mass is 9.95. The van der Waals surface area contributed by atoms with E-state index in [1.54, 1.807) is 13.8 Å². The molecule has 0 spiro atoms. The van der Waals surface area contributed by atoms with E-state index in [-0.39, 0.29) is 13.2 Å². The van der Waals surface area contributed by atoms with Crippen molar-refractivity contribution >= 4 is 33.5 Å². The third-order valence-corrected chi connectivity index (χ3v) is 4.84. The van der Waals surface area contributed by atoms with E-state index < -0.39 is 11.9 Å². The molecule has 3 aromatic rings. The highest BCUT2D eigenvalue weighted by atomic mass is 16.6. The first kappa shape index (κ1) is 22.4. The summed E-state index contributed by atoms with van der Waals surface area (Å²) in [5.41, 5.74) is 1.09. The fraction of sp³-hybridized carbons (Fsp3) is 0.360. The molecule has 0 radical (unpaired) electrons. The first-order valence-corrected chi connectivity index (χ1v) is 10.6. The van der Waals surface area contributed by atoms with Crippen LogP contribution < -0.4 is 9.47 Å². The predicted molar refractivity (Wildman–Crippen MR) is 120 cm³/mol. The van der Waals surface area contributed by atoms with Crippen molar-refractivity contribution in [2.75, 3.05) is 26.4 Å². The number of esters is 2. The van der Waals surface area contributed by atoms with Gasteiger partial charge < -0.3 is 18.9 Å². The highest BCUT2D eigenvalue weighted by Gasteiger charge is 2.20. The second-order valence-electron chi connectivity index (χ2n) is 6.98. The molecule has 164 valence electrons. The van der Waals surface area contributed by atoms with Crippen LogP contribution in [0, 0.1) is 0 Å². The summed E-state index contributed by atoms with van der Waals surface area (Å²) in [6.45, 7) is 5.85. The molecular formula is C25H28O6. The molecule has 31 heavy (non-hydrogen) atoms. The summed E-state index contributed by atoms with van der Waals surface area (Å²) < 4.78 is 22.1. The van der Waals surface area contributed by atoms with Gasteiger partial charge in [-0.05, 0) is 25.8 Å². The minimum Gasteiger partial charge on any atom is -0.481 e. The molecule has 6 heteroatoms. The van der Waals surface area contributed by atoms with Crippen LogP contribution in [0.15, 0.2) is 42.5 Å². The van der Waals surface area contributed by atoms with Crippen molar-refractivity contribution in [3.63, 3.8) is 0 Å². The molecule has 0 saturated carbocycles. The molecule has 0 aromatic heterocycles. The molecule has 0 saturated heterocycles. The maximum atomic E-state index is 12.0. The lowest BCUT2D eigenvalue weighted by molar-refractivity contribution is -0.146. The molecule has 0 unspecified atom stereocenters. The first-order valence-electron chi connectivity index (χ1n) is 10.6. The van der Waals surface area contributed by atoms with Crippen molar-refractivity contribution in [1.29, 1.82) is 0 Å². The first-order chi connectivity index (χ1) is 15.1. The van der Waals surface area contributed by atoms with E-state index in [0.717, 1.165) is 39.9 Å². The quantitative estimate of drug-likeness (QED) is 0.343. The van der Waals surface area contributed by atoms with Gasteiger partial charge in [0.05, 0.1) is 13.2 Å². The van der Waals surface area contributed by atoms with Crippen molar-refractivity contribution in [2.45, 2.75) is 33.6 Å². The summed E-state index contributed by atoms with van der Waals surface area (Å²) in [5, 5.41) is 3.31. The van der Waals surface area contributed by atoms with Crippen LogP contribution in [0.1, 0.15) is 32.8 Å². The number of carbonyl (C=O) groups excluding carboxylic acids is 2. The number of aryl methyl sites for hydroxylation is 1. The maximum absolute atomic E-state index is 12.0. The summed E-state index contributed by atoms with van der Waals surface area (Å²) in [5.74, 6) is 0.369. The van der Waals surface area contributed by atoms with Gasteiger partial charge >= 0.3 is 11.9 Å². The van der Waals surface area contributed by atoms with E-state index in [9.17, 15) is 9.59 Å². The summed E-state index contributed by atoms with van der Waals surface area (Å²) in [6, 6.07) is 13.6. The molecule has 0 N–H and O–H groups in total. The summed E-state index contributed by atoms with van der Waals surface area (Å²) >= 11 is 0. The molecule has 3 aromatic carbocycles. The third-order valence-electron chi connectivity index (χ3n) is 4.84. The Morgan fingerprint density at radius 1 is 0.710 bits per heavy atom. The lowest BCUT2D eigenvalue weighted by Crippen LogP contribution is -2.16. The molecule has 0 fully saturated rings. The van der Waals surface area contributed by atoms with E-state index in [4.69, 9.17) is 18.9 Å². The Morgan fingerprint density at radius 3 is 1.84 bits per heavy atom. The largest absolute Gasteiger partial charge is 0.481 e. The maximum Gasteiger partial charge on any atom is 0.344 e. The van der Waals surface area contributed by atoms with Gasteiger partial charge in [-0.25, -0.2) is 9.59 Å². The Hall–Kier alpha value is -3.28. The number of benzene rings is 3. The Balaban J connectivity index is 2.19. The van der Waals surface area contributed by atoms with Gasteiger partial charge in [0.25, 0.3) is 0 Å². The van der Waals surface area contributed by atoms with E-state index in [0.29, 0.717) is 24.7 Å². The minimum atomic E-state index is -0.424. The van der Waals surface area contributed by atoms with Gasteiger partial charge in [-0.15, -0.1) is 0 Å². The molecule has 0 heterocycles. The highest BCUT2D eigenvalue weighted by Crippen LogP contribution is 2.44. The van der Waals surface area contributed by atoms with E-state index in [1.807, 2.05) is 42.5 Å². The zero-order chi connectivity index (χ0) is 22.2. The van der Waals surface area contributed by atoms with Crippen LogP contribution in [0.2, 0.25) is 0 Å². The molecule has 0 aliphatic carbocycles. The van der Waals surface area contributed by atoms with Crippen LogP contribution in [0.4, 0.5) is 0 Å². The Kier molecular flexibility index (Phi) is 7.70. The molecule has 0 atom stereocenters. The molecule has 0 amide bonds. The second-order valence-corrected chi connectivity index (χ2v) is 6.98. The number of rotatable bonds is 10. The summed E-state index contributed by atoms with van der Waals surface area (Å²) in [4.78, 5) is 23.9. The summed E-state index contributed by atoms with van der Waals surface area (Å²) in [7, 11) is 0. The van der Waals surface area contributed by atoms with Gasteiger partial charge in [0.1, 0.15) is 11.5 Å². The number of ether oxygens (including phenoxy) is 4. The zero-order valence-corrected chi connectivity index (χ0v) is 18.2. The average molecular weight is 424 g/mol. The van der Waals surface area contributed by atoms with Gasteiger partial charge in [0.15, 0.2) is 13.2 Å². The minimum absolute atomic E-state index is 0.184. The zero-order valence-electron chi connectivity index (χ0n) is 18.2. The van der Waals surface area contributed by atoms with Gasteiger partial charge in [-0.2, -0.15) is 0 Å². The number of hydrogen-bond donors (Lipinski definition) is 0. The Morgan fingerprint density at radius 2 is 1.26 bits per heavy atom. The predicted octanol–water partition coefficient (Wildman–Crippen LogP) is 4.83. The molecular weight excluding hydrogens is 396 g/mol. The van der Waals surface area contributed by atoms with Gasteiger partial charge in [0.2, 0.25) is 0 Å².